The van der Waals surface area contributed by atoms with Crippen LogP contribution in [0, 0.1) is 0 Å². The Hall–Kier alpha value is -3.28. The van der Waals surface area contributed by atoms with Crippen LogP contribution in [0.3, 0.4) is 0 Å². The fourth-order valence-corrected chi connectivity index (χ4v) is 2.56. The van der Waals surface area contributed by atoms with Gasteiger partial charge in [0.2, 0.25) is 5.91 Å². The van der Waals surface area contributed by atoms with Crippen LogP contribution in [-0.4, -0.2) is 42.4 Å². The number of fused-ring (bicyclic) bond motifs is 1. The number of carbonyl (C=O) groups excluding carboxylic acids is 2. The lowest BCUT2D eigenvalue weighted by atomic mass is 10.1. The molecule has 0 spiro atoms. The first kappa shape index (κ1) is 17.5. The molecule has 1 heterocycles. The third kappa shape index (κ3) is 4.22. The summed E-state index contributed by atoms with van der Waals surface area (Å²) in [6.07, 6.45) is 2.16. The SMILES string of the molecule is CN(C)C(=O)COc1ccc(NC(=O)Cc2c[nH]c3ccccc23)cc1. The van der Waals surface area contributed by atoms with Crippen LogP contribution in [0.2, 0.25) is 0 Å². The second kappa shape index (κ2) is 7.74. The van der Waals surface area contributed by atoms with Crippen molar-refractivity contribution in [2.24, 2.45) is 0 Å². The van der Waals surface area contributed by atoms with Crippen molar-refractivity contribution < 1.29 is 14.3 Å². The zero-order chi connectivity index (χ0) is 18.5. The summed E-state index contributed by atoms with van der Waals surface area (Å²) in [5.74, 6) is 0.377. The lowest BCUT2D eigenvalue weighted by Crippen LogP contribution is -2.27. The van der Waals surface area contributed by atoms with Gasteiger partial charge in [-0.2, -0.15) is 0 Å². The molecular weight excluding hydrogens is 330 g/mol. The van der Waals surface area contributed by atoms with E-state index in [1.807, 2.05) is 30.5 Å². The Morgan fingerprint density at radius 2 is 1.81 bits per heavy atom. The van der Waals surface area contributed by atoms with Crippen LogP contribution in [0.4, 0.5) is 5.69 Å². The molecule has 3 rings (SSSR count). The number of benzene rings is 2. The van der Waals surface area contributed by atoms with Crippen LogP contribution in [0.5, 0.6) is 5.75 Å². The molecule has 0 aliphatic heterocycles. The molecule has 3 aromatic rings. The Bertz CT molecular complexity index is 913. The van der Waals surface area contributed by atoms with E-state index >= 15 is 0 Å². The highest BCUT2D eigenvalue weighted by Crippen LogP contribution is 2.19. The number of amides is 2. The van der Waals surface area contributed by atoms with Crippen molar-refractivity contribution in [1.29, 1.82) is 0 Å². The van der Waals surface area contributed by atoms with E-state index in [2.05, 4.69) is 10.3 Å². The van der Waals surface area contributed by atoms with Crippen molar-refractivity contribution in [2.75, 3.05) is 26.0 Å². The number of nitrogens with zero attached hydrogens (tertiary/aromatic N) is 1. The van der Waals surface area contributed by atoms with E-state index in [1.54, 1.807) is 38.4 Å². The molecule has 0 aliphatic rings. The summed E-state index contributed by atoms with van der Waals surface area (Å²) in [7, 11) is 3.36. The minimum absolute atomic E-state index is 0.0146. The molecule has 2 aromatic carbocycles. The summed E-state index contributed by atoms with van der Waals surface area (Å²) in [4.78, 5) is 28.4. The number of carbonyl (C=O) groups is 2. The molecular formula is C20H21N3O3. The highest BCUT2D eigenvalue weighted by atomic mass is 16.5. The fraction of sp³-hybridized carbons (Fsp3) is 0.200. The Morgan fingerprint density at radius 1 is 1.08 bits per heavy atom. The number of rotatable bonds is 6. The molecule has 0 atom stereocenters. The lowest BCUT2D eigenvalue weighted by molar-refractivity contribution is -0.130. The molecule has 26 heavy (non-hydrogen) atoms. The third-order valence-electron chi connectivity index (χ3n) is 4.03. The number of likely N-dealkylation sites (N-methyl/N-ethyl adjacent to an activating group) is 1. The smallest absolute Gasteiger partial charge is 0.259 e. The largest absolute Gasteiger partial charge is 0.484 e. The molecule has 6 heteroatoms. The summed E-state index contributed by atoms with van der Waals surface area (Å²) in [5.41, 5.74) is 2.66. The quantitative estimate of drug-likeness (QED) is 0.717. The van der Waals surface area contributed by atoms with Gasteiger partial charge in [-0.15, -0.1) is 0 Å². The molecule has 0 fully saturated rings. The van der Waals surface area contributed by atoms with Gasteiger partial charge in [0.1, 0.15) is 5.75 Å². The van der Waals surface area contributed by atoms with Crippen LogP contribution >= 0.6 is 0 Å². The van der Waals surface area contributed by atoms with Gasteiger partial charge >= 0.3 is 0 Å². The first-order valence-electron chi connectivity index (χ1n) is 8.31. The number of anilines is 1. The monoisotopic (exact) mass is 351 g/mol. The minimum atomic E-state index is -0.110. The summed E-state index contributed by atoms with van der Waals surface area (Å²) in [6, 6.07) is 14.8. The highest BCUT2D eigenvalue weighted by molar-refractivity contribution is 5.95. The van der Waals surface area contributed by atoms with E-state index in [-0.39, 0.29) is 18.4 Å². The number of hydrogen-bond acceptors (Lipinski definition) is 3. The van der Waals surface area contributed by atoms with Gasteiger partial charge in [0, 0.05) is 36.9 Å². The van der Waals surface area contributed by atoms with Gasteiger partial charge in [-0.1, -0.05) is 18.2 Å². The maximum absolute atomic E-state index is 12.3. The van der Waals surface area contributed by atoms with Crippen LogP contribution in [0.15, 0.2) is 54.7 Å². The zero-order valence-corrected chi connectivity index (χ0v) is 14.8. The first-order chi connectivity index (χ1) is 12.5. The minimum Gasteiger partial charge on any atom is -0.484 e. The van der Waals surface area contributed by atoms with Gasteiger partial charge in [-0.3, -0.25) is 9.59 Å². The predicted molar refractivity (Wildman–Crippen MR) is 101 cm³/mol. The van der Waals surface area contributed by atoms with Gasteiger partial charge in [-0.05, 0) is 35.9 Å². The van der Waals surface area contributed by atoms with Crippen molar-refractivity contribution >= 4 is 28.4 Å². The van der Waals surface area contributed by atoms with Crippen LogP contribution in [-0.2, 0) is 16.0 Å². The molecule has 134 valence electrons. The number of aromatic amines is 1. The molecule has 2 N–H and O–H groups in total. The molecule has 1 aromatic heterocycles. The van der Waals surface area contributed by atoms with Crippen molar-refractivity contribution in [3.8, 4) is 5.75 Å². The van der Waals surface area contributed by atoms with Gasteiger partial charge in [0.15, 0.2) is 6.61 Å². The molecule has 6 nitrogen and oxygen atoms in total. The maximum Gasteiger partial charge on any atom is 0.259 e. The summed E-state index contributed by atoms with van der Waals surface area (Å²) in [5, 5.41) is 3.92. The second-order valence-electron chi connectivity index (χ2n) is 6.19. The zero-order valence-electron chi connectivity index (χ0n) is 14.8. The number of para-hydroxylation sites is 1. The average Bonchev–Trinajstić information content (AvgIpc) is 3.03. The topological polar surface area (TPSA) is 74.4 Å². The van der Waals surface area contributed by atoms with E-state index in [0.29, 0.717) is 17.9 Å². The Labute approximate surface area is 151 Å². The average molecular weight is 351 g/mol. The lowest BCUT2D eigenvalue weighted by Gasteiger charge is -2.11. The maximum atomic E-state index is 12.3. The number of aromatic nitrogens is 1. The molecule has 0 radical (unpaired) electrons. The number of H-pyrrole nitrogens is 1. The summed E-state index contributed by atoms with van der Waals surface area (Å²) >= 11 is 0. The fourth-order valence-electron chi connectivity index (χ4n) is 2.56. The van der Waals surface area contributed by atoms with E-state index in [0.717, 1.165) is 16.5 Å². The summed E-state index contributed by atoms with van der Waals surface area (Å²) in [6.45, 7) is -0.0146. The normalized spacial score (nSPS) is 10.5. The molecule has 0 bridgehead atoms. The molecule has 0 unspecified atom stereocenters. The van der Waals surface area contributed by atoms with Crippen molar-refractivity contribution in [3.05, 3.63) is 60.3 Å². The first-order valence-corrected chi connectivity index (χ1v) is 8.31. The molecule has 0 saturated carbocycles. The Balaban J connectivity index is 1.57. The number of ether oxygens (including phenoxy) is 1. The van der Waals surface area contributed by atoms with E-state index in [4.69, 9.17) is 4.74 Å². The third-order valence-corrected chi connectivity index (χ3v) is 4.03. The Morgan fingerprint density at radius 3 is 2.54 bits per heavy atom. The molecule has 2 amide bonds. The van der Waals surface area contributed by atoms with E-state index in [1.165, 1.54) is 4.90 Å². The van der Waals surface area contributed by atoms with Crippen LogP contribution < -0.4 is 10.1 Å². The van der Waals surface area contributed by atoms with Gasteiger partial charge in [-0.25, -0.2) is 0 Å². The molecule has 0 saturated heterocycles. The van der Waals surface area contributed by atoms with E-state index in [9.17, 15) is 9.59 Å². The van der Waals surface area contributed by atoms with Crippen molar-refractivity contribution in [3.63, 3.8) is 0 Å². The predicted octanol–water partition coefficient (Wildman–Crippen LogP) is 2.82. The van der Waals surface area contributed by atoms with Crippen LogP contribution in [0.1, 0.15) is 5.56 Å². The van der Waals surface area contributed by atoms with Crippen molar-refractivity contribution in [1.82, 2.24) is 9.88 Å². The van der Waals surface area contributed by atoms with Gasteiger partial charge in [0.05, 0.1) is 6.42 Å². The van der Waals surface area contributed by atoms with Gasteiger partial charge < -0.3 is 19.9 Å². The van der Waals surface area contributed by atoms with Crippen LogP contribution in [0.25, 0.3) is 10.9 Å². The number of nitrogens with one attached hydrogen (secondary N) is 2. The van der Waals surface area contributed by atoms with Gasteiger partial charge in [0.25, 0.3) is 5.91 Å². The molecule has 0 aliphatic carbocycles. The standard InChI is InChI=1S/C20H21N3O3/c1-23(2)20(25)13-26-16-9-7-15(8-10-16)22-19(24)11-14-12-21-18-6-4-3-5-17(14)18/h3-10,12,21H,11,13H2,1-2H3,(H,22,24). The highest BCUT2D eigenvalue weighted by Gasteiger charge is 2.09. The summed E-state index contributed by atoms with van der Waals surface area (Å²) < 4.78 is 5.41. The van der Waals surface area contributed by atoms with E-state index < -0.39 is 0 Å². The Kier molecular flexibility index (Phi) is 5.22. The second-order valence-corrected chi connectivity index (χ2v) is 6.19. The number of hydrogen-bond donors (Lipinski definition) is 2. The van der Waals surface area contributed by atoms with Crippen molar-refractivity contribution in [2.45, 2.75) is 6.42 Å².